The summed E-state index contributed by atoms with van der Waals surface area (Å²) in [6.45, 7) is 4.24. The van der Waals surface area contributed by atoms with Gasteiger partial charge in [0.25, 0.3) is 0 Å². The highest BCUT2D eigenvalue weighted by atomic mass is 15.2. The summed E-state index contributed by atoms with van der Waals surface area (Å²) in [7, 11) is 0. The van der Waals surface area contributed by atoms with E-state index in [0.29, 0.717) is 0 Å². The van der Waals surface area contributed by atoms with E-state index in [1.54, 1.807) is 12.4 Å². The third-order valence-corrected chi connectivity index (χ3v) is 3.26. The van der Waals surface area contributed by atoms with Crippen molar-refractivity contribution in [3.05, 3.63) is 84.9 Å². The number of hydrogen-bond acceptors (Lipinski definition) is 3. The standard InChI is InChI=1S/C20H23N3/c1-3-4-5-6-7-8-13-18(2)23(19-14-9-11-16-21-19)20-15-10-12-17-22-20/h5-17H,3-4H2,1-2H3/b6-5+,8-7-,18-13+. The summed E-state index contributed by atoms with van der Waals surface area (Å²) >= 11 is 0. The van der Waals surface area contributed by atoms with Crippen molar-refractivity contribution in [2.24, 2.45) is 0 Å². The third kappa shape index (κ3) is 5.22. The molecule has 0 radical (unpaired) electrons. The SMILES string of the molecule is CCC/C=C/C=C\C=C(/C)N(c1ccccn1)c1ccccn1. The average molecular weight is 305 g/mol. The van der Waals surface area contributed by atoms with Gasteiger partial charge in [-0.05, 0) is 43.7 Å². The van der Waals surface area contributed by atoms with Gasteiger partial charge in [-0.2, -0.15) is 0 Å². The average Bonchev–Trinajstić information content (AvgIpc) is 2.60. The van der Waals surface area contributed by atoms with E-state index in [1.165, 1.54) is 6.42 Å². The molecule has 0 unspecified atom stereocenters. The lowest BCUT2D eigenvalue weighted by Crippen LogP contribution is -2.16. The molecule has 0 N–H and O–H groups in total. The van der Waals surface area contributed by atoms with Crippen LogP contribution in [0, 0.1) is 0 Å². The van der Waals surface area contributed by atoms with Gasteiger partial charge >= 0.3 is 0 Å². The van der Waals surface area contributed by atoms with E-state index in [9.17, 15) is 0 Å². The summed E-state index contributed by atoms with van der Waals surface area (Å²) in [6, 6.07) is 11.8. The van der Waals surface area contributed by atoms with Gasteiger partial charge in [0.1, 0.15) is 11.6 Å². The van der Waals surface area contributed by atoms with Crippen LogP contribution in [-0.4, -0.2) is 9.97 Å². The Hall–Kier alpha value is -2.68. The van der Waals surface area contributed by atoms with Crippen LogP contribution >= 0.6 is 0 Å². The third-order valence-electron chi connectivity index (χ3n) is 3.26. The molecule has 0 fully saturated rings. The van der Waals surface area contributed by atoms with Crippen LogP contribution in [0.3, 0.4) is 0 Å². The summed E-state index contributed by atoms with van der Waals surface area (Å²) in [4.78, 5) is 10.9. The van der Waals surface area contributed by atoms with Crippen molar-refractivity contribution in [3.8, 4) is 0 Å². The number of hydrogen-bond donors (Lipinski definition) is 0. The molecule has 0 aliphatic carbocycles. The predicted octanol–water partition coefficient (Wildman–Crippen LogP) is 5.43. The highest BCUT2D eigenvalue weighted by Gasteiger charge is 2.12. The van der Waals surface area contributed by atoms with Gasteiger partial charge < -0.3 is 0 Å². The molecule has 2 aromatic rings. The zero-order chi connectivity index (χ0) is 16.3. The fourth-order valence-corrected chi connectivity index (χ4v) is 2.13. The molecule has 23 heavy (non-hydrogen) atoms. The van der Waals surface area contributed by atoms with Gasteiger partial charge in [-0.15, -0.1) is 0 Å². The summed E-state index contributed by atoms with van der Waals surface area (Å²) in [5, 5.41) is 0. The monoisotopic (exact) mass is 305 g/mol. The van der Waals surface area contributed by atoms with Crippen molar-refractivity contribution in [2.75, 3.05) is 4.90 Å². The van der Waals surface area contributed by atoms with E-state index in [0.717, 1.165) is 23.8 Å². The second-order valence-electron chi connectivity index (χ2n) is 5.12. The number of allylic oxidation sites excluding steroid dienone is 6. The van der Waals surface area contributed by atoms with Gasteiger partial charge in [0.15, 0.2) is 0 Å². The predicted molar refractivity (Wildman–Crippen MR) is 97.6 cm³/mol. The molecular weight excluding hydrogens is 282 g/mol. The smallest absolute Gasteiger partial charge is 0.138 e. The Morgan fingerprint density at radius 2 is 1.61 bits per heavy atom. The maximum Gasteiger partial charge on any atom is 0.138 e. The number of anilines is 2. The zero-order valence-corrected chi connectivity index (χ0v) is 13.8. The minimum atomic E-state index is 0.856. The molecule has 0 atom stereocenters. The van der Waals surface area contributed by atoms with Crippen LogP contribution in [0.4, 0.5) is 11.6 Å². The number of unbranched alkanes of at least 4 members (excludes halogenated alkanes) is 1. The van der Waals surface area contributed by atoms with Gasteiger partial charge in [-0.25, -0.2) is 9.97 Å². The molecule has 0 bridgehead atoms. The second kappa shape index (κ2) is 9.36. The maximum absolute atomic E-state index is 4.45. The van der Waals surface area contributed by atoms with E-state index in [-0.39, 0.29) is 0 Å². The minimum absolute atomic E-state index is 0.856. The molecule has 0 aromatic carbocycles. The topological polar surface area (TPSA) is 29.0 Å². The van der Waals surface area contributed by atoms with E-state index in [2.05, 4.69) is 42.0 Å². The quantitative estimate of drug-likeness (QED) is 0.639. The molecule has 0 spiro atoms. The summed E-state index contributed by atoms with van der Waals surface area (Å²) in [6.07, 6.45) is 16.3. The highest BCUT2D eigenvalue weighted by Crippen LogP contribution is 2.25. The van der Waals surface area contributed by atoms with Crippen LogP contribution in [0.15, 0.2) is 84.9 Å². The van der Waals surface area contributed by atoms with Gasteiger partial charge in [0, 0.05) is 18.1 Å². The fraction of sp³-hybridized carbons (Fsp3) is 0.200. The normalized spacial score (nSPS) is 12.2. The van der Waals surface area contributed by atoms with Crippen LogP contribution in [0.2, 0.25) is 0 Å². The van der Waals surface area contributed by atoms with Crippen molar-refractivity contribution >= 4 is 11.6 Å². The first kappa shape index (κ1) is 16.7. The van der Waals surface area contributed by atoms with Crippen LogP contribution in [-0.2, 0) is 0 Å². The minimum Gasteiger partial charge on any atom is -0.283 e. The molecule has 3 heteroatoms. The van der Waals surface area contributed by atoms with Crippen LogP contribution in [0.1, 0.15) is 26.7 Å². The first-order valence-electron chi connectivity index (χ1n) is 7.95. The summed E-state index contributed by atoms with van der Waals surface area (Å²) in [5.41, 5.74) is 1.06. The Morgan fingerprint density at radius 3 is 2.13 bits per heavy atom. The first-order valence-corrected chi connectivity index (χ1v) is 7.95. The molecule has 2 rings (SSSR count). The van der Waals surface area contributed by atoms with Crippen molar-refractivity contribution < 1.29 is 0 Å². The van der Waals surface area contributed by atoms with Gasteiger partial charge in [0.05, 0.1) is 0 Å². The van der Waals surface area contributed by atoms with Crippen LogP contribution in [0.25, 0.3) is 0 Å². The second-order valence-corrected chi connectivity index (χ2v) is 5.12. The van der Waals surface area contributed by atoms with E-state index in [4.69, 9.17) is 0 Å². The Labute approximate surface area is 138 Å². The molecule has 0 saturated heterocycles. The van der Waals surface area contributed by atoms with Gasteiger partial charge in [-0.3, -0.25) is 4.90 Å². The first-order chi connectivity index (χ1) is 11.3. The molecule has 0 aliphatic rings. The number of pyridine rings is 2. The molecule has 3 nitrogen and oxygen atoms in total. The maximum atomic E-state index is 4.45. The van der Waals surface area contributed by atoms with Crippen molar-refractivity contribution in [1.82, 2.24) is 9.97 Å². The zero-order valence-electron chi connectivity index (χ0n) is 13.8. The van der Waals surface area contributed by atoms with Crippen LogP contribution < -0.4 is 4.90 Å². The molecule has 2 aromatic heterocycles. The lowest BCUT2D eigenvalue weighted by Gasteiger charge is -2.23. The van der Waals surface area contributed by atoms with Gasteiger partial charge in [0.2, 0.25) is 0 Å². The molecule has 118 valence electrons. The lowest BCUT2D eigenvalue weighted by molar-refractivity contribution is 0.959. The number of aromatic nitrogens is 2. The Bertz CT molecular complexity index is 618. The van der Waals surface area contributed by atoms with Crippen molar-refractivity contribution in [2.45, 2.75) is 26.7 Å². The Balaban J connectivity index is 2.24. The van der Waals surface area contributed by atoms with Crippen LogP contribution in [0.5, 0.6) is 0 Å². The Morgan fingerprint density at radius 1 is 0.957 bits per heavy atom. The molecule has 0 saturated carbocycles. The molecule has 0 aliphatic heterocycles. The van der Waals surface area contributed by atoms with Crippen molar-refractivity contribution in [1.29, 1.82) is 0 Å². The number of rotatable bonds is 7. The fourth-order valence-electron chi connectivity index (χ4n) is 2.13. The van der Waals surface area contributed by atoms with Crippen molar-refractivity contribution in [3.63, 3.8) is 0 Å². The lowest BCUT2D eigenvalue weighted by atomic mass is 10.3. The Kier molecular flexibility index (Phi) is 6.79. The van der Waals surface area contributed by atoms with E-state index in [1.807, 2.05) is 53.5 Å². The van der Waals surface area contributed by atoms with E-state index >= 15 is 0 Å². The van der Waals surface area contributed by atoms with Gasteiger partial charge in [-0.1, -0.05) is 49.8 Å². The summed E-state index contributed by atoms with van der Waals surface area (Å²) in [5.74, 6) is 1.71. The molecular formula is C20H23N3. The van der Waals surface area contributed by atoms with E-state index < -0.39 is 0 Å². The highest BCUT2D eigenvalue weighted by molar-refractivity contribution is 5.61. The summed E-state index contributed by atoms with van der Waals surface area (Å²) < 4.78 is 0. The number of nitrogens with zero attached hydrogens (tertiary/aromatic N) is 3. The largest absolute Gasteiger partial charge is 0.283 e. The molecule has 2 heterocycles. The molecule has 0 amide bonds.